The van der Waals surface area contributed by atoms with Crippen molar-refractivity contribution in [3.8, 4) is 0 Å². The smallest absolute Gasteiger partial charge is 0.141 e. The van der Waals surface area contributed by atoms with Crippen LogP contribution in [0.4, 0.5) is 5.82 Å². The summed E-state index contributed by atoms with van der Waals surface area (Å²) in [7, 11) is 0. The van der Waals surface area contributed by atoms with Gasteiger partial charge in [0.1, 0.15) is 17.0 Å². The maximum Gasteiger partial charge on any atom is 0.141 e. The topological polar surface area (TPSA) is 69.5 Å². The van der Waals surface area contributed by atoms with Crippen LogP contribution < -0.4 is 4.90 Å². The van der Waals surface area contributed by atoms with Gasteiger partial charge in [0, 0.05) is 18.0 Å². The molecule has 0 aliphatic heterocycles. The molecule has 0 aromatic carbocycles. The summed E-state index contributed by atoms with van der Waals surface area (Å²) in [6, 6.07) is 0. The van der Waals surface area contributed by atoms with E-state index in [1.165, 1.54) is 23.3 Å². The second-order valence-corrected chi connectivity index (χ2v) is 6.11. The Bertz CT molecular complexity index is 593. The Morgan fingerprint density at radius 2 is 1.85 bits per heavy atom. The highest BCUT2D eigenvalue weighted by Crippen LogP contribution is 2.39. The molecule has 5 nitrogen and oxygen atoms in total. The predicted octanol–water partition coefficient (Wildman–Crippen LogP) is 1.36. The van der Waals surface area contributed by atoms with Crippen molar-refractivity contribution in [3.05, 3.63) is 16.8 Å². The number of hydrogen-bond donors (Lipinski definition) is 2. The Labute approximate surface area is 121 Å². The standard InChI is InChI=1S/C14H19N3O2S/c18-7-5-17(6-8-19)13-12-10-3-1-2-4-11(10)20-14(12)16-9-15-13/h9,18-19H,1-8H2. The summed E-state index contributed by atoms with van der Waals surface area (Å²) in [6.07, 6.45) is 6.27. The van der Waals surface area contributed by atoms with Crippen LogP contribution in [0.1, 0.15) is 23.3 Å². The first-order chi connectivity index (χ1) is 9.85. The average molecular weight is 293 g/mol. The van der Waals surface area contributed by atoms with Gasteiger partial charge >= 0.3 is 0 Å². The monoisotopic (exact) mass is 293 g/mol. The van der Waals surface area contributed by atoms with E-state index in [2.05, 4.69) is 9.97 Å². The Morgan fingerprint density at radius 1 is 1.10 bits per heavy atom. The first-order valence-electron chi connectivity index (χ1n) is 7.07. The summed E-state index contributed by atoms with van der Waals surface area (Å²) in [5.74, 6) is 0.859. The fourth-order valence-electron chi connectivity index (χ4n) is 2.88. The molecule has 1 aliphatic carbocycles. The molecule has 0 bridgehead atoms. The van der Waals surface area contributed by atoms with E-state index in [0.717, 1.165) is 28.9 Å². The highest BCUT2D eigenvalue weighted by atomic mass is 32.1. The molecule has 0 saturated heterocycles. The van der Waals surface area contributed by atoms with Crippen LogP contribution in [-0.4, -0.2) is 46.5 Å². The number of hydrogen-bond acceptors (Lipinski definition) is 6. The molecule has 0 radical (unpaired) electrons. The molecular weight excluding hydrogens is 274 g/mol. The van der Waals surface area contributed by atoms with Gasteiger partial charge in [-0.2, -0.15) is 0 Å². The number of aromatic nitrogens is 2. The molecule has 0 amide bonds. The van der Waals surface area contributed by atoms with Crippen molar-refractivity contribution in [2.45, 2.75) is 25.7 Å². The minimum Gasteiger partial charge on any atom is -0.395 e. The molecule has 2 N–H and O–H groups in total. The fourth-order valence-corrected chi connectivity index (χ4v) is 4.10. The highest BCUT2D eigenvalue weighted by molar-refractivity contribution is 7.19. The van der Waals surface area contributed by atoms with E-state index in [-0.39, 0.29) is 13.2 Å². The lowest BCUT2D eigenvalue weighted by Gasteiger charge is -2.23. The lowest BCUT2D eigenvalue weighted by molar-refractivity contribution is 0.281. The van der Waals surface area contributed by atoms with Crippen LogP contribution in [0.3, 0.4) is 0 Å². The normalized spacial score (nSPS) is 14.5. The summed E-state index contributed by atoms with van der Waals surface area (Å²) < 4.78 is 0. The van der Waals surface area contributed by atoms with E-state index >= 15 is 0 Å². The molecule has 108 valence electrons. The van der Waals surface area contributed by atoms with Crippen LogP contribution in [0.5, 0.6) is 0 Å². The molecule has 2 heterocycles. The second kappa shape index (κ2) is 6.03. The number of aliphatic hydroxyl groups is 2. The SMILES string of the molecule is OCCN(CCO)c1ncnc2sc3c(c12)CCCC3. The molecule has 0 saturated carbocycles. The number of rotatable bonds is 5. The van der Waals surface area contributed by atoms with Gasteiger partial charge in [0.2, 0.25) is 0 Å². The van der Waals surface area contributed by atoms with E-state index in [4.69, 9.17) is 0 Å². The number of fused-ring (bicyclic) bond motifs is 3. The third-order valence-corrected chi connectivity index (χ3v) is 4.97. The van der Waals surface area contributed by atoms with Crippen LogP contribution >= 0.6 is 11.3 Å². The molecule has 2 aromatic rings. The molecule has 1 aliphatic rings. The van der Waals surface area contributed by atoms with Gasteiger partial charge in [-0.25, -0.2) is 9.97 Å². The van der Waals surface area contributed by atoms with Gasteiger partial charge in [-0.15, -0.1) is 11.3 Å². The lowest BCUT2D eigenvalue weighted by Crippen LogP contribution is -2.30. The van der Waals surface area contributed by atoms with Gasteiger partial charge in [-0.1, -0.05) is 0 Å². The van der Waals surface area contributed by atoms with E-state index in [9.17, 15) is 10.2 Å². The molecule has 0 fully saturated rings. The number of nitrogens with zero attached hydrogens (tertiary/aromatic N) is 3. The summed E-state index contributed by atoms with van der Waals surface area (Å²) in [5, 5.41) is 19.6. The average Bonchev–Trinajstić information content (AvgIpc) is 2.85. The zero-order valence-electron chi connectivity index (χ0n) is 11.4. The van der Waals surface area contributed by atoms with E-state index in [0.29, 0.717) is 13.1 Å². The summed E-state index contributed by atoms with van der Waals surface area (Å²) in [6.45, 7) is 1.07. The van der Waals surface area contributed by atoms with E-state index in [1.54, 1.807) is 17.7 Å². The van der Waals surface area contributed by atoms with Crippen molar-refractivity contribution in [1.82, 2.24) is 9.97 Å². The molecular formula is C14H19N3O2S. The molecule has 2 aromatic heterocycles. The summed E-state index contributed by atoms with van der Waals surface area (Å²) in [5.41, 5.74) is 1.38. The van der Waals surface area contributed by atoms with Crippen LogP contribution in [-0.2, 0) is 12.8 Å². The first kappa shape index (κ1) is 13.7. The fraction of sp³-hybridized carbons (Fsp3) is 0.571. The van der Waals surface area contributed by atoms with Crippen molar-refractivity contribution in [2.24, 2.45) is 0 Å². The van der Waals surface area contributed by atoms with Crippen molar-refractivity contribution in [1.29, 1.82) is 0 Å². The summed E-state index contributed by atoms with van der Waals surface area (Å²) >= 11 is 1.76. The lowest BCUT2D eigenvalue weighted by atomic mass is 9.97. The minimum atomic E-state index is 0.0534. The first-order valence-corrected chi connectivity index (χ1v) is 7.88. The van der Waals surface area contributed by atoms with Crippen LogP contribution in [0, 0.1) is 0 Å². The molecule has 0 spiro atoms. The number of aryl methyl sites for hydroxylation is 2. The van der Waals surface area contributed by atoms with Gasteiger partial charge in [0.05, 0.1) is 18.6 Å². The van der Waals surface area contributed by atoms with E-state index in [1.807, 2.05) is 4.90 Å². The van der Waals surface area contributed by atoms with Crippen molar-refractivity contribution >= 4 is 27.4 Å². The predicted molar refractivity (Wildman–Crippen MR) is 80.4 cm³/mol. The number of aliphatic hydroxyl groups excluding tert-OH is 2. The molecule has 6 heteroatoms. The third-order valence-electron chi connectivity index (χ3n) is 3.77. The zero-order chi connectivity index (χ0) is 13.9. The highest BCUT2D eigenvalue weighted by Gasteiger charge is 2.22. The maximum atomic E-state index is 9.22. The van der Waals surface area contributed by atoms with Gasteiger partial charge in [-0.05, 0) is 31.2 Å². The quantitative estimate of drug-likeness (QED) is 0.871. The number of thiophene rings is 1. The third kappa shape index (κ3) is 2.39. The number of anilines is 1. The maximum absolute atomic E-state index is 9.22. The Balaban J connectivity index is 2.11. The molecule has 3 rings (SSSR count). The van der Waals surface area contributed by atoms with Gasteiger partial charge < -0.3 is 15.1 Å². The van der Waals surface area contributed by atoms with Crippen LogP contribution in [0.15, 0.2) is 6.33 Å². The van der Waals surface area contributed by atoms with Gasteiger partial charge in [0.15, 0.2) is 0 Å². The molecule has 0 unspecified atom stereocenters. The molecule has 0 atom stereocenters. The van der Waals surface area contributed by atoms with E-state index < -0.39 is 0 Å². The van der Waals surface area contributed by atoms with Gasteiger partial charge in [-0.3, -0.25) is 0 Å². The van der Waals surface area contributed by atoms with Crippen LogP contribution in [0.25, 0.3) is 10.2 Å². The van der Waals surface area contributed by atoms with Crippen LogP contribution in [0.2, 0.25) is 0 Å². The summed E-state index contributed by atoms with van der Waals surface area (Å²) in [4.78, 5) is 13.2. The van der Waals surface area contributed by atoms with Crippen molar-refractivity contribution in [3.63, 3.8) is 0 Å². The second-order valence-electron chi connectivity index (χ2n) is 5.02. The Kier molecular flexibility index (Phi) is 4.14. The Hall–Kier alpha value is -1.24. The van der Waals surface area contributed by atoms with Gasteiger partial charge in [0.25, 0.3) is 0 Å². The van der Waals surface area contributed by atoms with Crippen molar-refractivity contribution in [2.75, 3.05) is 31.2 Å². The zero-order valence-corrected chi connectivity index (χ0v) is 12.2. The minimum absolute atomic E-state index is 0.0534. The molecule has 20 heavy (non-hydrogen) atoms. The Morgan fingerprint density at radius 3 is 2.60 bits per heavy atom. The largest absolute Gasteiger partial charge is 0.395 e. The van der Waals surface area contributed by atoms with Crippen molar-refractivity contribution < 1.29 is 10.2 Å².